The van der Waals surface area contributed by atoms with Crippen LogP contribution in [0.5, 0.6) is 0 Å². The van der Waals surface area contributed by atoms with Gasteiger partial charge in [0.15, 0.2) is 0 Å². The maximum Gasteiger partial charge on any atom is 0.128 e. The Kier molecular flexibility index (Phi) is 4.55. The zero-order valence-corrected chi connectivity index (χ0v) is 13.6. The monoisotopic (exact) mass is 279 g/mol. The molecule has 1 atom stereocenters. The lowest BCUT2D eigenvalue weighted by molar-refractivity contribution is -0.0885. The molecule has 0 bridgehead atoms. The molecule has 1 unspecified atom stereocenters. The van der Waals surface area contributed by atoms with Crippen molar-refractivity contribution in [2.75, 3.05) is 14.2 Å². The quantitative estimate of drug-likeness (QED) is 0.900. The second kappa shape index (κ2) is 5.86. The first-order valence-corrected chi connectivity index (χ1v) is 7.71. The molecule has 1 aromatic rings. The van der Waals surface area contributed by atoms with Crippen LogP contribution < -0.4 is 5.32 Å². The Morgan fingerprint density at radius 3 is 2.50 bits per heavy atom. The average Bonchev–Trinajstić information content (AvgIpc) is 2.90. The van der Waals surface area contributed by atoms with Crippen LogP contribution >= 0.6 is 0 Å². The minimum Gasteiger partial charge on any atom is -0.376 e. The molecule has 2 rings (SSSR count). The minimum atomic E-state index is -0.136. The summed E-state index contributed by atoms with van der Waals surface area (Å²) in [5, 5.41) is 3.46. The standard InChI is InChI=1S/C16H29N3O/c1-6-19-12-11-18-14(19)13(17-4)16(20-5)9-7-15(2,3)8-10-16/h11-13,17H,6-10H2,1-5H3. The number of ether oxygens (including phenoxy) is 1. The molecular weight excluding hydrogens is 250 g/mol. The highest BCUT2D eigenvalue weighted by Crippen LogP contribution is 2.46. The van der Waals surface area contributed by atoms with Crippen molar-refractivity contribution >= 4 is 0 Å². The van der Waals surface area contributed by atoms with E-state index in [1.165, 1.54) is 12.8 Å². The first kappa shape index (κ1) is 15.5. The van der Waals surface area contributed by atoms with Gasteiger partial charge in [-0.3, -0.25) is 0 Å². The molecular formula is C16H29N3O. The number of likely N-dealkylation sites (N-methyl/N-ethyl adjacent to an activating group) is 1. The van der Waals surface area contributed by atoms with Gasteiger partial charge >= 0.3 is 0 Å². The third kappa shape index (κ3) is 2.77. The number of hydrogen-bond acceptors (Lipinski definition) is 3. The second-order valence-corrected chi connectivity index (χ2v) is 6.73. The van der Waals surface area contributed by atoms with Crippen LogP contribution in [0, 0.1) is 5.41 Å². The number of rotatable bonds is 5. The van der Waals surface area contributed by atoms with Gasteiger partial charge < -0.3 is 14.6 Å². The highest BCUT2D eigenvalue weighted by atomic mass is 16.5. The van der Waals surface area contributed by atoms with Gasteiger partial charge in [0.2, 0.25) is 0 Å². The van der Waals surface area contributed by atoms with Crippen molar-refractivity contribution in [3.63, 3.8) is 0 Å². The number of aryl methyl sites for hydroxylation is 1. The fraction of sp³-hybridized carbons (Fsp3) is 0.812. The van der Waals surface area contributed by atoms with E-state index < -0.39 is 0 Å². The van der Waals surface area contributed by atoms with Crippen molar-refractivity contribution in [2.45, 2.75) is 64.6 Å². The van der Waals surface area contributed by atoms with Crippen molar-refractivity contribution in [3.05, 3.63) is 18.2 Å². The zero-order chi connectivity index (χ0) is 14.8. The van der Waals surface area contributed by atoms with E-state index in [1.54, 1.807) is 0 Å². The average molecular weight is 279 g/mol. The van der Waals surface area contributed by atoms with Crippen molar-refractivity contribution < 1.29 is 4.74 Å². The number of imidazole rings is 1. The van der Waals surface area contributed by atoms with E-state index in [0.29, 0.717) is 5.41 Å². The Morgan fingerprint density at radius 2 is 2.00 bits per heavy atom. The summed E-state index contributed by atoms with van der Waals surface area (Å²) in [5.41, 5.74) is 0.295. The van der Waals surface area contributed by atoms with Gasteiger partial charge in [0.25, 0.3) is 0 Å². The Morgan fingerprint density at radius 1 is 1.35 bits per heavy atom. The lowest BCUT2D eigenvalue weighted by atomic mass is 9.68. The van der Waals surface area contributed by atoms with Crippen molar-refractivity contribution in [1.82, 2.24) is 14.9 Å². The third-order valence-electron chi connectivity index (χ3n) is 5.02. The fourth-order valence-corrected chi connectivity index (χ4v) is 3.44. The Hall–Kier alpha value is -0.870. The largest absolute Gasteiger partial charge is 0.376 e. The molecule has 0 aromatic carbocycles. The molecule has 0 spiro atoms. The van der Waals surface area contributed by atoms with Crippen LogP contribution in [0.3, 0.4) is 0 Å². The summed E-state index contributed by atoms with van der Waals surface area (Å²) in [6.45, 7) is 7.81. The van der Waals surface area contributed by atoms with Crippen LogP contribution in [0.4, 0.5) is 0 Å². The predicted molar refractivity (Wildman–Crippen MR) is 81.7 cm³/mol. The van der Waals surface area contributed by atoms with Gasteiger partial charge in [0.05, 0.1) is 11.6 Å². The molecule has 1 aliphatic carbocycles. The molecule has 1 N–H and O–H groups in total. The zero-order valence-electron chi connectivity index (χ0n) is 13.6. The molecule has 0 saturated heterocycles. The van der Waals surface area contributed by atoms with Gasteiger partial charge in [-0.25, -0.2) is 4.98 Å². The topological polar surface area (TPSA) is 39.1 Å². The summed E-state index contributed by atoms with van der Waals surface area (Å²) in [4.78, 5) is 4.58. The lowest BCUT2D eigenvalue weighted by Gasteiger charge is -2.46. The summed E-state index contributed by atoms with van der Waals surface area (Å²) in [7, 11) is 3.86. The molecule has 0 aliphatic heterocycles. The molecule has 1 aromatic heterocycles. The van der Waals surface area contributed by atoms with E-state index in [1.807, 2.05) is 20.4 Å². The summed E-state index contributed by atoms with van der Waals surface area (Å²) >= 11 is 0. The van der Waals surface area contributed by atoms with Crippen LogP contribution in [0.25, 0.3) is 0 Å². The summed E-state index contributed by atoms with van der Waals surface area (Å²) in [5.74, 6) is 1.09. The van der Waals surface area contributed by atoms with Crippen molar-refractivity contribution in [3.8, 4) is 0 Å². The van der Waals surface area contributed by atoms with Crippen LogP contribution in [0.15, 0.2) is 12.4 Å². The molecule has 1 fully saturated rings. The number of nitrogens with zero attached hydrogens (tertiary/aromatic N) is 2. The van der Waals surface area contributed by atoms with E-state index in [9.17, 15) is 0 Å². The van der Waals surface area contributed by atoms with Crippen LogP contribution in [-0.2, 0) is 11.3 Å². The van der Waals surface area contributed by atoms with E-state index in [-0.39, 0.29) is 11.6 Å². The molecule has 4 heteroatoms. The number of nitrogens with one attached hydrogen (secondary N) is 1. The molecule has 1 heterocycles. The van der Waals surface area contributed by atoms with Crippen LogP contribution in [-0.4, -0.2) is 29.3 Å². The minimum absolute atomic E-state index is 0.136. The molecule has 1 saturated carbocycles. The number of hydrogen-bond donors (Lipinski definition) is 1. The molecule has 4 nitrogen and oxygen atoms in total. The van der Waals surface area contributed by atoms with Gasteiger partial charge in [-0.05, 0) is 45.1 Å². The third-order valence-corrected chi connectivity index (χ3v) is 5.02. The summed E-state index contributed by atoms with van der Waals surface area (Å²) in [6.07, 6.45) is 8.50. The predicted octanol–water partition coefficient (Wildman–Crippen LogP) is 3.15. The van der Waals surface area contributed by atoms with Gasteiger partial charge in [-0.2, -0.15) is 0 Å². The van der Waals surface area contributed by atoms with Gasteiger partial charge in [-0.15, -0.1) is 0 Å². The Balaban J connectivity index is 2.29. The van der Waals surface area contributed by atoms with Gasteiger partial charge in [-0.1, -0.05) is 13.8 Å². The number of aromatic nitrogens is 2. The van der Waals surface area contributed by atoms with Crippen molar-refractivity contribution in [2.24, 2.45) is 5.41 Å². The lowest BCUT2D eigenvalue weighted by Crippen LogP contribution is -2.49. The normalized spacial score (nSPS) is 22.6. The Bertz CT molecular complexity index is 429. The van der Waals surface area contributed by atoms with E-state index in [4.69, 9.17) is 4.74 Å². The molecule has 1 aliphatic rings. The Labute approximate surface area is 122 Å². The molecule has 114 valence electrons. The summed E-state index contributed by atoms with van der Waals surface area (Å²) < 4.78 is 8.24. The maximum absolute atomic E-state index is 6.03. The number of methoxy groups -OCH3 is 1. The van der Waals surface area contributed by atoms with Gasteiger partial charge in [0.1, 0.15) is 5.82 Å². The SMILES string of the molecule is CCn1ccnc1C(NC)C1(OC)CCC(C)(C)CC1. The summed E-state index contributed by atoms with van der Waals surface area (Å²) in [6, 6.07) is 0.151. The molecule has 0 radical (unpaired) electrons. The fourth-order valence-electron chi connectivity index (χ4n) is 3.44. The second-order valence-electron chi connectivity index (χ2n) is 6.73. The van der Waals surface area contributed by atoms with E-state index in [0.717, 1.165) is 25.2 Å². The van der Waals surface area contributed by atoms with Crippen LogP contribution in [0.2, 0.25) is 0 Å². The van der Waals surface area contributed by atoms with E-state index >= 15 is 0 Å². The van der Waals surface area contributed by atoms with Crippen LogP contribution in [0.1, 0.15) is 58.3 Å². The van der Waals surface area contributed by atoms with Crippen molar-refractivity contribution in [1.29, 1.82) is 0 Å². The van der Waals surface area contributed by atoms with Gasteiger partial charge in [0, 0.05) is 26.0 Å². The maximum atomic E-state index is 6.03. The van der Waals surface area contributed by atoms with E-state index in [2.05, 4.69) is 41.8 Å². The smallest absolute Gasteiger partial charge is 0.128 e. The first-order valence-electron chi connectivity index (χ1n) is 7.71. The molecule has 0 amide bonds. The molecule has 20 heavy (non-hydrogen) atoms. The highest BCUT2D eigenvalue weighted by molar-refractivity contribution is 5.10. The first-order chi connectivity index (χ1) is 9.48. The highest BCUT2D eigenvalue weighted by Gasteiger charge is 2.45.